The first-order valence-corrected chi connectivity index (χ1v) is 4.33. The van der Waals surface area contributed by atoms with Crippen LogP contribution in [0.2, 0.25) is 0 Å². The van der Waals surface area contributed by atoms with E-state index in [1.165, 1.54) is 0 Å². The molecule has 0 aromatic carbocycles. The summed E-state index contributed by atoms with van der Waals surface area (Å²) in [5, 5.41) is 6.93. The van der Waals surface area contributed by atoms with Gasteiger partial charge in [0.05, 0.1) is 6.04 Å². The van der Waals surface area contributed by atoms with Crippen LogP contribution in [0.25, 0.3) is 0 Å². The number of halogens is 1. The quantitative estimate of drug-likeness (QED) is 0.789. The number of hydrogen-bond donors (Lipinski definition) is 2. The number of nitrogens with zero attached hydrogens (tertiary/aromatic N) is 2. The predicted molar refractivity (Wildman–Crippen MR) is 54.9 cm³/mol. The van der Waals surface area contributed by atoms with Crippen LogP contribution in [-0.4, -0.2) is 15.2 Å². The number of nitrogens with one attached hydrogen (secondary N) is 1. The maximum Gasteiger partial charge on any atom is 0.153 e. The van der Waals surface area contributed by atoms with E-state index in [2.05, 4.69) is 29.0 Å². The maximum absolute atomic E-state index is 5.63. The molecule has 1 aromatic heterocycles. The van der Waals surface area contributed by atoms with Gasteiger partial charge in [-0.15, -0.1) is 12.4 Å². The van der Waals surface area contributed by atoms with Crippen LogP contribution in [0, 0.1) is 0 Å². The first kappa shape index (κ1) is 12.4. The third kappa shape index (κ3) is 2.97. The largest absolute Gasteiger partial charge is 0.322 e. The van der Waals surface area contributed by atoms with Crippen molar-refractivity contribution in [2.75, 3.05) is 0 Å². The lowest BCUT2D eigenvalue weighted by Gasteiger charge is -2.00. The molecule has 2 unspecified atom stereocenters. The Balaban J connectivity index is 0.00000144. The van der Waals surface area contributed by atoms with Crippen molar-refractivity contribution in [2.45, 2.75) is 39.2 Å². The summed E-state index contributed by atoms with van der Waals surface area (Å²) in [6, 6.07) is -0.0599. The minimum absolute atomic E-state index is 0. The smallest absolute Gasteiger partial charge is 0.153 e. The first-order valence-electron chi connectivity index (χ1n) is 4.33. The molecule has 0 aliphatic carbocycles. The molecule has 0 radical (unpaired) electrons. The van der Waals surface area contributed by atoms with Crippen LogP contribution in [0.4, 0.5) is 0 Å². The number of H-pyrrole nitrogens is 1. The monoisotopic (exact) mass is 204 g/mol. The van der Waals surface area contributed by atoms with Crippen LogP contribution in [0.1, 0.15) is 50.8 Å². The lowest BCUT2D eigenvalue weighted by Crippen LogP contribution is -2.07. The van der Waals surface area contributed by atoms with Crippen LogP contribution in [0.3, 0.4) is 0 Å². The van der Waals surface area contributed by atoms with Gasteiger partial charge >= 0.3 is 0 Å². The van der Waals surface area contributed by atoms with Crippen molar-refractivity contribution in [3.63, 3.8) is 0 Å². The minimum Gasteiger partial charge on any atom is -0.322 e. The van der Waals surface area contributed by atoms with Crippen LogP contribution in [0.5, 0.6) is 0 Å². The van der Waals surface area contributed by atoms with Crippen molar-refractivity contribution in [1.82, 2.24) is 15.2 Å². The average Bonchev–Trinajstić information content (AvgIpc) is 2.51. The summed E-state index contributed by atoms with van der Waals surface area (Å²) < 4.78 is 0. The van der Waals surface area contributed by atoms with Gasteiger partial charge in [0.15, 0.2) is 5.82 Å². The van der Waals surface area contributed by atoms with Crippen molar-refractivity contribution >= 4 is 12.4 Å². The number of aromatic nitrogens is 3. The Bertz CT molecular complexity index is 246. The Kier molecular flexibility index (Phi) is 4.95. The average molecular weight is 205 g/mol. The van der Waals surface area contributed by atoms with Crippen molar-refractivity contribution in [3.05, 3.63) is 11.6 Å². The molecule has 4 nitrogen and oxygen atoms in total. The van der Waals surface area contributed by atoms with Crippen LogP contribution in [0.15, 0.2) is 0 Å². The fourth-order valence-corrected chi connectivity index (χ4v) is 0.895. The Morgan fingerprint density at radius 2 is 2.08 bits per heavy atom. The molecule has 2 atom stereocenters. The van der Waals surface area contributed by atoms with Gasteiger partial charge in [-0.3, -0.25) is 5.10 Å². The predicted octanol–water partition coefficient (Wildman–Crippen LogP) is 1.76. The lowest BCUT2D eigenvalue weighted by molar-refractivity contribution is 0.680. The summed E-state index contributed by atoms with van der Waals surface area (Å²) in [5.41, 5.74) is 5.63. The summed E-state index contributed by atoms with van der Waals surface area (Å²) in [6.07, 6.45) is 1.05. The molecule has 0 fully saturated rings. The molecule has 0 amide bonds. The molecule has 1 aromatic rings. The van der Waals surface area contributed by atoms with E-state index >= 15 is 0 Å². The number of nitrogens with two attached hydrogens (primary N) is 1. The fraction of sp³-hybridized carbons (Fsp3) is 0.750. The Hall–Kier alpha value is -0.610. The third-order valence-corrected chi connectivity index (χ3v) is 2.00. The van der Waals surface area contributed by atoms with Crippen molar-refractivity contribution in [1.29, 1.82) is 0 Å². The summed E-state index contributed by atoms with van der Waals surface area (Å²) in [6.45, 7) is 6.11. The highest BCUT2D eigenvalue weighted by atomic mass is 35.5. The molecule has 3 N–H and O–H groups in total. The zero-order chi connectivity index (χ0) is 9.14. The number of rotatable bonds is 3. The van der Waals surface area contributed by atoms with Crippen molar-refractivity contribution in [3.8, 4) is 0 Å². The van der Waals surface area contributed by atoms with Crippen LogP contribution in [-0.2, 0) is 0 Å². The zero-order valence-corrected chi connectivity index (χ0v) is 9.06. The van der Waals surface area contributed by atoms with Crippen LogP contribution >= 0.6 is 12.4 Å². The van der Waals surface area contributed by atoms with E-state index in [0.717, 1.165) is 18.1 Å². The van der Waals surface area contributed by atoms with Gasteiger partial charge in [0, 0.05) is 5.92 Å². The summed E-state index contributed by atoms with van der Waals surface area (Å²) >= 11 is 0. The number of aromatic amines is 1. The Morgan fingerprint density at radius 1 is 1.46 bits per heavy atom. The van der Waals surface area contributed by atoms with Gasteiger partial charge in [0.1, 0.15) is 5.82 Å². The summed E-state index contributed by atoms with van der Waals surface area (Å²) in [5.74, 6) is 2.05. The Morgan fingerprint density at radius 3 is 2.46 bits per heavy atom. The highest BCUT2D eigenvalue weighted by Crippen LogP contribution is 2.14. The summed E-state index contributed by atoms with van der Waals surface area (Å²) in [7, 11) is 0. The maximum atomic E-state index is 5.63. The van der Waals surface area contributed by atoms with Gasteiger partial charge < -0.3 is 5.73 Å². The minimum atomic E-state index is -0.0599. The molecule has 0 aliphatic rings. The van der Waals surface area contributed by atoms with E-state index in [-0.39, 0.29) is 18.4 Å². The van der Waals surface area contributed by atoms with Gasteiger partial charge in [0.2, 0.25) is 0 Å². The standard InChI is InChI=1S/C8H16N4.ClH/c1-4-5(2)7-10-8(6(3)9)12-11-7;/h5-6H,4,9H2,1-3H3,(H,10,11,12);1H. The molecule has 0 bridgehead atoms. The molecule has 1 heterocycles. The second-order valence-electron chi connectivity index (χ2n) is 3.18. The van der Waals surface area contributed by atoms with Crippen molar-refractivity contribution < 1.29 is 0 Å². The first-order chi connectivity index (χ1) is 5.65. The van der Waals surface area contributed by atoms with Gasteiger partial charge in [-0.05, 0) is 13.3 Å². The second kappa shape index (κ2) is 5.19. The van der Waals surface area contributed by atoms with E-state index in [0.29, 0.717) is 5.92 Å². The van der Waals surface area contributed by atoms with Gasteiger partial charge in [-0.1, -0.05) is 13.8 Å². The SMILES string of the molecule is CCC(C)c1n[nH]c(C(C)N)n1.Cl. The third-order valence-electron chi connectivity index (χ3n) is 2.00. The Labute approximate surface area is 84.7 Å². The van der Waals surface area contributed by atoms with Gasteiger partial charge in [-0.25, -0.2) is 4.98 Å². The molecule has 0 aliphatic heterocycles. The molecule has 0 saturated carbocycles. The van der Waals surface area contributed by atoms with E-state index in [4.69, 9.17) is 5.73 Å². The topological polar surface area (TPSA) is 67.6 Å². The molecular formula is C8H17ClN4. The van der Waals surface area contributed by atoms with E-state index < -0.39 is 0 Å². The van der Waals surface area contributed by atoms with Gasteiger partial charge in [0.25, 0.3) is 0 Å². The molecule has 76 valence electrons. The molecular weight excluding hydrogens is 188 g/mol. The molecule has 13 heavy (non-hydrogen) atoms. The summed E-state index contributed by atoms with van der Waals surface area (Å²) in [4.78, 5) is 4.29. The second-order valence-corrected chi connectivity index (χ2v) is 3.18. The molecule has 0 spiro atoms. The molecule has 5 heteroatoms. The van der Waals surface area contributed by atoms with E-state index in [9.17, 15) is 0 Å². The van der Waals surface area contributed by atoms with E-state index in [1.807, 2.05) is 6.92 Å². The highest BCUT2D eigenvalue weighted by molar-refractivity contribution is 5.85. The number of hydrogen-bond acceptors (Lipinski definition) is 3. The zero-order valence-electron chi connectivity index (χ0n) is 8.24. The normalized spacial score (nSPS) is 14.8. The molecule has 1 rings (SSSR count). The van der Waals surface area contributed by atoms with Gasteiger partial charge in [-0.2, -0.15) is 5.10 Å². The van der Waals surface area contributed by atoms with Crippen molar-refractivity contribution in [2.24, 2.45) is 5.73 Å². The lowest BCUT2D eigenvalue weighted by atomic mass is 10.1. The fourth-order valence-electron chi connectivity index (χ4n) is 0.895. The van der Waals surface area contributed by atoms with Crippen LogP contribution < -0.4 is 5.73 Å². The van der Waals surface area contributed by atoms with E-state index in [1.54, 1.807) is 0 Å². The molecule has 0 saturated heterocycles. The highest BCUT2D eigenvalue weighted by Gasteiger charge is 2.11.